The molecule has 0 atom stereocenters. The molecule has 2 rings (SSSR count). The summed E-state index contributed by atoms with van der Waals surface area (Å²) in [5.74, 6) is 1.26. The Hall–Kier alpha value is -0.820. The van der Waals surface area contributed by atoms with E-state index in [1.165, 1.54) is 44.2 Å². The maximum absolute atomic E-state index is 3.60. The molecular formula is C19H31N. The van der Waals surface area contributed by atoms with Gasteiger partial charge in [0.2, 0.25) is 0 Å². The Morgan fingerprint density at radius 2 is 1.80 bits per heavy atom. The van der Waals surface area contributed by atoms with Gasteiger partial charge in [0.25, 0.3) is 0 Å². The molecule has 1 aromatic rings. The second-order valence-electron chi connectivity index (χ2n) is 6.95. The molecule has 0 saturated heterocycles. The molecule has 1 aliphatic rings. The van der Waals surface area contributed by atoms with Gasteiger partial charge < -0.3 is 5.32 Å². The molecule has 0 spiro atoms. The molecule has 1 aliphatic carbocycles. The topological polar surface area (TPSA) is 12.0 Å². The van der Waals surface area contributed by atoms with Crippen molar-refractivity contribution in [3.05, 3.63) is 34.9 Å². The van der Waals surface area contributed by atoms with Gasteiger partial charge in [-0.3, -0.25) is 0 Å². The molecule has 1 heteroatoms. The summed E-state index contributed by atoms with van der Waals surface area (Å²) >= 11 is 0. The van der Waals surface area contributed by atoms with E-state index in [9.17, 15) is 0 Å². The zero-order chi connectivity index (χ0) is 14.5. The van der Waals surface area contributed by atoms with E-state index in [2.05, 4.69) is 51.2 Å². The quantitative estimate of drug-likeness (QED) is 0.657. The fourth-order valence-corrected chi connectivity index (χ4v) is 2.77. The fourth-order valence-electron chi connectivity index (χ4n) is 2.77. The molecule has 1 fully saturated rings. The Morgan fingerprint density at radius 1 is 1.05 bits per heavy atom. The van der Waals surface area contributed by atoms with Crippen LogP contribution >= 0.6 is 0 Å². The van der Waals surface area contributed by atoms with Gasteiger partial charge in [0.1, 0.15) is 0 Å². The zero-order valence-electron chi connectivity index (χ0n) is 13.7. The third-order valence-corrected chi connectivity index (χ3v) is 4.34. The summed E-state index contributed by atoms with van der Waals surface area (Å²) in [6.45, 7) is 10.4. The molecule has 0 bridgehead atoms. The van der Waals surface area contributed by atoms with E-state index in [0.717, 1.165) is 6.04 Å². The summed E-state index contributed by atoms with van der Waals surface area (Å²) < 4.78 is 0. The van der Waals surface area contributed by atoms with E-state index < -0.39 is 0 Å². The zero-order valence-corrected chi connectivity index (χ0v) is 13.7. The van der Waals surface area contributed by atoms with Crippen LogP contribution in [0.1, 0.15) is 81.9 Å². The van der Waals surface area contributed by atoms with Crippen LogP contribution in [0.2, 0.25) is 0 Å². The van der Waals surface area contributed by atoms with E-state index in [1.54, 1.807) is 11.1 Å². The predicted octanol–water partition coefficient (Wildman–Crippen LogP) is 5.01. The van der Waals surface area contributed by atoms with Gasteiger partial charge in [-0.2, -0.15) is 0 Å². The summed E-state index contributed by atoms with van der Waals surface area (Å²) in [5.41, 5.74) is 4.61. The van der Waals surface area contributed by atoms with Crippen LogP contribution in [0.5, 0.6) is 0 Å². The lowest BCUT2D eigenvalue weighted by atomic mass is 9.89. The molecule has 0 unspecified atom stereocenters. The fraction of sp³-hybridized carbons (Fsp3) is 0.684. The van der Waals surface area contributed by atoms with Crippen molar-refractivity contribution < 1.29 is 0 Å². The van der Waals surface area contributed by atoms with Crippen molar-refractivity contribution in [1.82, 2.24) is 5.32 Å². The Kier molecular flexibility index (Phi) is 5.65. The van der Waals surface area contributed by atoms with E-state index >= 15 is 0 Å². The third kappa shape index (κ3) is 4.63. The maximum Gasteiger partial charge on any atom is 0.00682 e. The Bertz CT molecular complexity index is 416. The van der Waals surface area contributed by atoms with Gasteiger partial charge in [0.15, 0.2) is 0 Å². The van der Waals surface area contributed by atoms with Gasteiger partial charge in [0, 0.05) is 6.04 Å². The largest absolute Gasteiger partial charge is 0.314 e. The second kappa shape index (κ2) is 7.26. The monoisotopic (exact) mass is 273 g/mol. The maximum atomic E-state index is 3.60. The van der Waals surface area contributed by atoms with Crippen molar-refractivity contribution in [2.24, 2.45) is 0 Å². The van der Waals surface area contributed by atoms with Gasteiger partial charge in [-0.15, -0.1) is 0 Å². The van der Waals surface area contributed by atoms with E-state index in [4.69, 9.17) is 0 Å². The number of unbranched alkanes of at least 4 members (excludes halogenated alkanes) is 1. The normalized spacial score (nSPS) is 15.3. The highest BCUT2D eigenvalue weighted by molar-refractivity contribution is 5.35. The van der Waals surface area contributed by atoms with Gasteiger partial charge >= 0.3 is 0 Å². The van der Waals surface area contributed by atoms with Crippen molar-refractivity contribution >= 4 is 0 Å². The Labute approximate surface area is 125 Å². The summed E-state index contributed by atoms with van der Waals surface area (Å²) in [5, 5.41) is 3.60. The van der Waals surface area contributed by atoms with Crippen LogP contribution in [-0.4, -0.2) is 12.6 Å². The third-order valence-electron chi connectivity index (χ3n) is 4.34. The van der Waals surface area contributed by atoms with Crippen LogP contribution in [0.4, 0.5) is 0 Å². The van der Waals surface area contributed by atoms with Crippen molar-refractivity contribution in [2.75, 3.05) is 6.54 Å². The average Bonchev–Trinajstić information content (AvgIpc) is 3.22. The smallest absolute Gasteiger partial charge is 0.00682 e. The standard InChI is InChI=1S/C19H31N/c1-14(2)17-9-8-16(19(13-17)15(3)4)7-5-6-12-20-18-10-11-18/h8-9,13-15,18,20H,5-7,10-12H2,1-4H3. The SMILES string of the molecule is CC(C)c1ccc(CCCCNC2CC2)c(C(C)C)c1. The minimum atomic E-state index is 0.629. The molecular weight excluding hydrogens is 242 g/mol. The van der Waals surface area contributed by atoms with Gasteiger partial charge in [-0.05, 0) is 67.2 Å². The first kappa shape index (κ1) is 15.6. The first-order chi connectivity index (χ1) is 9.58. The molecule has 0 amide bonds. The predicted molar refractivity (Wildman–Crippen MR) is 88.6 cm³/mol. The number of aryl methyl sites for hydroxylation is 1. The minimum absolute atomic E-state index is 0.629. The summed E-state index contributed by atoms with van der Waals surface area (Å²) in [6, 6.07) is 7.99. The average molecular weight is 273 g/mol. The molecule has 1 N–H and O–H groups in total. The lowest BCUT2D eigenvalue weighted by molar-refractivity contribution is 0.617. The van der Waals surface area contributed by atoms with Crippen LogP contribution in [0.3, 0.4) is 0 Å². The van der Waals surface area contributed by atoms with Gasteiger partial charge in [0.05, 0.1) is 0 Å². The van der Waals surface area contributed by atoms with Crippen LogP contribution in [0.15, 0.2) is 18.2 Å². The van der Waals surface area contributed by atoms with Crippen molar-refractivity contribution in [2.45, 2.75) is 77.7 Å². The van der Waals surface area contributed by atoms with Gasteiger partial charge in [-0.25, -0.2) is 0 Å². The molecule has 1 aromatic carbocycles. The number of benzene rings is 1. The van der Waals surface area contributed by atoms with Crippen LogP contribution in [0.25, 0.3) is 0 Å². The first-order valence-corrected chi connectivity index (χ1v) is 8.44. The highest BCUT2D eigenvalue weighted by Gasteiger charge is 2.19. The number of hydrogen-bond donors (Lipinski definition) is 1. The van der Waals surface area contributed by atoms with Crippen molar-refractivity contribution in [3.8, 4) is 0 Å². The van der Waals surface area contributed by atoms with Crippen LogP contribution < -0.4 is 5.32 Å². The van der Waals surface area contributed by atoms with Crippen molar-refractivity contribution in [3.63, 3.8) is 0 Å². The van der Waals surface area contributed by atoms with Crippen LogP contribution in [-0.2, 0) is 6.42 Å². The van der Waals surface area contributed by atoms with E-state index in [1.807, 2.05) is 0 Å². The van der Waals surface area contributed by atoms with Gasteiger partial charge in [-0.1, -0.05) is 45.9 Å². The number of rotatable bonds is 8. The summed E-state index contributed by atoms with van der Waals surface area (Å²) in [6.07, 6.45) is 6.64. The highest BCUT2D eigenvalue weighted by atomic mass is 14.9. The second-order valence-corrected chi connectivity index (χ2v) is 6.95. The summed E-state index contributed by atoms with van der Waals surface area (Å²) in [4.78, 5) is 0. The Balaban J connectivity index is 1.88. The molecule has 0 radical (unpaired) electrons. The molecule has 1 saturated carbocycles. The summed E-state index contributed by atoms with van der Waals surface area (Å²) in [7, 11) is 0. The highest BCUT2D eigenvalue weighted by Crippen LogP contribution is 2.26. The number of hydrogen-bond acceptors (Lipinski definition) is 1. The lowest BCUT2D eigenvalue weighted by Gasteiger charge is -2.16. The number of nitrogens with one attached hydrogen (secondary N) is 1. The van der Waals surface area contributed by atoms with Crippen LogP contribution in [0, 0.1) is 0 Å². The lowest BCUT2D eigenvalue weighted by Crippen LogP contribution is -2.17. The molecule has 1 nitrogen and oxygen atoms in total. The molecule has 20 heavy (non-hydrogen) atoms. The molecule has 0 aliphatic heterocycles. The molecule has 0 aromatic heterocycles. The minimum Gasteiger partial charge on any atom is -0.314 e. The van der Waals surface area contributed by atoms with E-state index in [-0.39, 0.29) is 0 Å². The molecule has 0 heterocycles. The molecule has 112 valence electrons. The Morgan fingerprint density at radius 3 is 2.40 bits per heavy atom. The van der Waals surface area contributed by atoms with E-state index in [0.29, 0.717) is 11.8 Å². The first-order valence-electron chi connectivity index (χ1n) is 8.44. The van der Waals surface area contributed by atoms with Crippen molar-refractivity contribution in [1.29, 1.82) is 0 Å².